The number of benzene rings is 2. The summed E-state index contributed by atoms with van der Waals surface area (Å²) in [5.74, 6) is 1.32. The molecule has 2 aromatic rings. The summed E-state index contributed by atoms with van der Waals surface area (Å²) in [6.07, 6.45) is 1.49. The van der Waals surface area contributed by atoms with Gasteiger partial charge in [-0.05, 0) is 41.0 Å². The van der Waals surface area contributed by atoms with E-state index in [2.05, 4.69) is 36.4 Å². The molecule has 162 valence electrons. The number of nitrogens with zero attached hydrogens (tertiary/aromatic N) is 1. The molecule has 2 unspecified atom stereocenters. The number of rotatable bonds is 4. The Bertz CT molecular complexity index is 933. The van der Waals surface area contributed by atoms with Crippen molar-refractivity contribution in [2.45, 2.75) is 37.8 Å². The largest absolute Gasteiger partial charge is 0.448 e. The smallest absolute Gasteiger partial charge is 0.410 e. The second-order valence-corrected chi connectivity index (χ2v) is 9.89. The Morgan fingerprint density at radius 2 is 1.58 bits per heavy atom. The summed E-state index contributed by atoms with van der Waals surface area (Å²) in [5, 5.41) is 0.153. The minimum atomic E-state index is -0.238. The highest BCUT2D eigenvalue weighted by molar-refractivity contribution is 8.13. The van der Waals surface area contributed by atoms with Gasteiger partial charge in [0, 0.05) is 18.6 Å². The predicted molar refractivity (Wildman–Crippen MR) is 121 cm³/mol. The lowest BCUT2D eigenvalue weighted by Gasteiger charge is -2.47. The lowest BCUT2D eigenvalue weighted by Crippen LogP contribution is -2.59. The van der Waals surface area contributed by atoms with E-state index < -0.39 is 0 Å². The first-order chi connectivity index (χ1) is 15.1. The summed E-state index contributed by atoms with van der Waals surface area (Å²) in [6, 6.07) is 16.8. The van der Waals surface area contributed by atoms with Crippen LogP contribution in [0.1, 0.15) is 36.8 Å². The Balaban J connectivity index is 1.28. The first-order valence-corrected chi connectivity index (χ1v) is 11.9. The van der Waals surface area contributed by atoms with Crippen molar-refractivity contribution in [3.63, 3.8) is 0 Å². The monoisotopic (exact) mass is 437 g/mol. The zero-order chi connectivity index (χ0) is 21.4. The molecule has 1 amide bonds. The zero-order valence-corrected chi connectivity index (χ0v) is 18.5. The van der Waals surface area contributed by atoms with Crippen LogP contribution < -0.4 is 0 Å². The third kappa shape index (κ3) is 3.99. The van der Waals surface area contributed by atoms with Crippen LogP contribution in [0.4, 0.5) is 4.79 Å². The molecule has 0 saturated carbocycles. The highest BCUT2D eigenvalue weighted by atomic mass is 32.2. The molecule has 2 aliphatic heterocycles. The molecule has 5 rings (SSSR count). The van der Waals surface area contributed by atoms with Crippen LogP contribution in [0.2, 0.25) is 0 Å². The molecule has 2 fully saturated rings. The van der Waals surface area contributed by atoms with Crippen LogP contribution in [0, 0.1) is 5.92 Å². The van der Waals surface area contributed by atoms with Gasteiger partial charge in [-0.3, -0.25) is 9.69 Å². The molecule has 0 N–H and O–H groups in total. The van der Waals surface area contributed by atoms with Crippen molar-refractivity contribution in [2.75, 3.05) is 25.6 Å². The molecule has 0 radical (unpaired) electrons. The minimum absolute atomic E-state index is 0.0284. The SMILES string of the molecule is CC(=O)SCC1CC2COCC(C1)N2C(=O)OCC1c2ccccc2-c2ccccc21. The highest BCUT2D eigenvalue weighted by Crippen LogP contribution is 2.44. The van der Waals surface area contributed by atoms with Crippen LogP contribution >= 0.6 is 11.8 Å². The number of carbonyl (C=O) groups excluding carboxylic acids is 2. The number of hydrogen-bond acceptors (Lipinski definition) is 5. The van der Waals surface area contributed by atoms with Gasteiger partial charge in [0.15, 0.2) is 5.12 Å². The van der Waals surface area contributed by atoms with E-state index in [9.17, 15) is 9.59 Å². The van der Waals surface area contributed by atoms with Gasteiger partial charge in [0.1, 0.15) is 6.61 Å². The molecule has 6 heteroatoms. The molecule has 2 aromatic carbocycles. The van der Waals surface area contributed by atoms with E-state index in [0.29, 0.717) is 25.7 Å². The van der Waals surface area contributed by atoms with Crippen molar-refractivity contribution in [1.82, 2.24) is 4.90 Å². The Kier molecular flexibility index (Phi) is 5.76. The topological polar surface area (TPSA) is 55.8 Å². The van der Waals surface area contributed by atoms with E-state index in [4.69, 9.17) is 9.47 Å². The van der Waals surface area contributed by atoms with Gasteiger partial charge >= 0.3 is 6.09 Å². The Hall–Kier alpha value is -2.31. The van der Waals surface area contributed by atoms with E-state index in [1.165, 1.54) is 34.0 Å². The third-order valence-electron chi connectivity index (χ3n) is 6.69. The van der Waals surface area contributed by atoms with Crippen LogP contribution in [-0.4, -0.2) is 53.8 Å². The normalized spacial score (nSPS) is 24.4. The van der Waals surface area contributed by atoms with Crippen molar-refractivity contribution >= 4 is 23.0 Å². The second-order valence-electron chi connectivity index (χ2n) is 8.70. The Labute approximate surface area is 187 Å². The number of thioether (sulfide) groups is 1. The fourth-order valence-corrected chi connectivity index (χ4v) is 6.11. The standard InChI is InChI=1S/C25H27NO4S/c1-16(27)31-15-17-10-18-12-29-13-19(11-17)26(18)25(28)30-14-24-22-8-4-2-6-20(22)21-7-3-5-9-23(21)24/h2-9,17-19,24H,10-15H2,1H3. The van der Waals surface area contributed by atoms with Gasteiger partial charge in [-0.2, -0.15) is 0 Å². The summed E-state index contributed by atoms with van der Waals surface area (Å²) >= 11 is 1.39. The molecule has 0 spiro atoms. The van der Waals surface area contributed by atoms with Crippen LogP contribution in [-0.2, 0) is 14.3 Å². The quantitative estimate of drug-likeness (QED) is 0.694. The first-order valence-electron chi connectivity index (χ1n) is 11.0. The number of carbonyl (C=O) groups is 2. The van der Waals surface area contributed by atoms with Gasteiger partial charge in [-0.15, -0.1) is 0 Å². The molecular formula is C25H27NO4S. The summed E-state index contributed by atoms with van der Waals surface area (Å²) in [4.78, 5) is 26.4. The maximum atomic E-state index is 13.2. The fraction of sp³-hybridized carbons (Fsp3) is 0.440. The van der Waals surface area contributed by atoms with Gasteiger partial charge in [0.2, 0.25) is 0 Å². The third-order valence-corrected chi connectivity index (χ3v) is 7.73. The summed E-state index contributed by atoms with van der Waals surface area (Å²) < 4.78 is 11.7. The van der Waals surface area contributed by atoms with Crippen LogP contribution in [0.15, 0.2) is 48.5 Å². The summed E-state index contributed by atoms with van der Waals surface area (Å²) in [6.45, 7) is 3.04. The lowest BCUT2D eigenvalue weighted by atomic mass is 9.86. The number of amides is 1. The van der Waals surface area contributed by atoms with Gasteiger partial charge in [-0.1, -0.05) is 60.3 Å². The van der Waals surface area contributed by atoms with Crippen LogP contribution in [0.3, 0.4) is 0 Å². The van der Waals surface area contributed by atoms with Crippen LogP contribution in [0.25, 0.3) is 11.1 Å². The molecule has 0 aromatic heterocycles. The van der Waals surface area contributed by atoms with Gasteiger partial charge in [-0.25, -0.2) is 4.79 Å². The number of hydrogen-bond donors (Lipinski definition) is 0. The van der Waals surface area contributed by atoms with E-state index in [-0.39, 0.29) is 29.2 Å². The van der Waals surface area contributed by atoms with Crippen molar-refractivity contribution in [2.24, 2.45) is 5.92 Å². The molecule has 31 heavy (non-hydrogen) atoms. The van der Waals surface area contributed by atoms with Gasteiger partial charge in [0.05, 0.1) is 25.3 Å². The molecular weight excluding hydrogens is 410 g/mol. The van der Waals surface area contributed by atoms with Crippen molar-refractivity contribution in [1.29, 1.82) is 0 Å². The average molecular weight is 438 g/mol. The molecule has 2 heterocycles. The molecule has 2 atom stereocenters. The van der Waals surface area contributed by atoms with Crippen molar-refractivity contribution < 1.29 is 19.1 Å². The van der Waals surface area contributed by atoms with E-state index >= 15 is 0 Å². The van der Waals surface area contributed by atoms with Crippen molar-refractivity contribution in [3.8, 4) is 11.1 Å². The fourth-order valence-electron chi connectivity index (χ4n) is 5.37. The van der Waals surface area contributed by atoms with E-state index in [1.54, 1.807) is 6.92 Å². The number of morpholine rings is 1. The lowest BCUT2D eigenvalue weighted by molar-refractivity contribution is -0.109. The molecule has 3 aliphatic rings. The van der Waals surface area contributed by atoms with E-state index in [0.717, 1.165) is 18.6 Å². The van der Waals surface area contributed by atoms with Crippen LogP contribution in [0.5, 0.6) is 0 Å². The minimum Gasteiger partial charge on any atom is -0.448 e. The van der Waals surface area contributed by atoms with Crippen molar-refractivity contribution in [3.05, 3.63) is 59.7 Å². The predicted octanol–water partition coefficient (Wildman–Crippen LogP) is 4.69. The average Bonchev–Trinajstić information content (AvgIpc) is 3.09. The first kappa shape index (κ1) is 20.6. The molecule has 5 nitrogen and oxygen atoms in total. The molecule has 1 aliphatic carbocycles. The molecule has 2 bridgehead atoms. The maximum absolute atomic E-state index is 13.2. The Morgan fingerprint density at radius 3 is 2.16 bits per heavy atom. The zero-order valence-electron chi connectivity index (χ0n) is 17.7. The summed E-state index contributed by atoms with van der Waals surface area (Å²) in [5.41, 5.74) is 4.90. The van der Waals surface area contributed by atoms with Gasteiger partial charge < -0.3 is 9.47 Å². The van der Waals surface area contributed by atoms with E-state index in [1.807, 2.05) is 17.0 Å². The molecule has 2 saturated heterocycles. The number of fused-ring (bicyclic) bond motifs is 5. The Morgan fingerprint density at radius 1 is 1.00 bits per heavy atom. The number of ether oxygens (including phenoxy) is 2. The second kappa shape index (κ2) is 8.67. The summed E-state index contributed by atoms with van der Waals surface area (Å²) in [7, 11) is 0. The number of piperidine rings is 1. The maximum Gasteiger partial charge on any atom is 0.410 e. The van der Waals surface area contributed by atoms with Gasteiger partial charge in [0.25, 0.3) is 0 Å². The highest BCUT2D eigenvalue weighted by Gasteiger charge is 2.43.